The monoisotopic (exact) mass is 213 g/mol. The van der Waals surface area contributed by atoms with Crippen LogP contribution in [0.5, 0.6) is 0 Å². The van der Waals surface area contributed by atoms with Crippen LogP contribution in [0.25, 0.3) is 0 Å². The summed E-state index contributed by atoms with van der Waals surface area (Å²) in [5, 5.41) is 0. The molecule has 0 aliphatic carbocycles. The summed E-state index contributed by atoms with van der Waals surface area (Å²) < 4.78 is 10.1. The molecule has 86 valence electrons. The van der Waals surface area contributed by atoms with E-state index in [2.05, 4.69) is 12.4 Å². The topological polar surface area (TPSA) is 43.6 Å². The van der Waals surface area contributed by atoms with E-state index in [0.29, 0.717) is 19.3 Å². The van der Waals surface area contributed by atoms with Gasteiger partial charge in [-0.1, -0.05) is 0 Å². The number of hydrogen-bond acceptors (Lipinski definition) is 4. The zero-order valence-electron chi connectivity index (χ0n) is 9.36. The van der Waals surface area contributed by atoms with Crippen molar-refractivity contribution < 1.29 is 14.0 Å². The van der Waals surface area contributed by atoms with Gasteiger partial charge in [0.25, 0.3) is 0 Å². The third-order valence-corrected chi connectivity index (χ3v) is 2.08. The molecule has 0 saturated heterocycles. The van der Waals surface area contributed by atoms with Crippen LogP contribution in [-0.2, 0) is 16.0 Å². The van der Waals surface area contributed by atoms with Crippen molar-refractivity contribution in [2.75, 3.05) is 20.3 Å². The van der Waals surface area contributed by atoms with Crippen molar-refractivity contribution in [3.8, 4) is 0 Å². The Morgan fingerprint density at radius 1 is 1.47 bits per heavy atom. The summed E-state index contributed by atoms with van der Waals surface area (Å²) in [5.41, 5.74) is 2.96. The molecule has 4 heteroatoms. The molecule has 0 aliphatic rings. The predicted molar refractivity (Wildman–Crippen MR) is 57.5 cm³/mol. The van der Waals surface area contributed by atoms with Crippen molar-refractivity contribution in [3.05, 3.63) is 24.2 Å². The normalized spacial score (nSPS) is 12.9. The summed E-state index contributed by atoms with van der Waals surface area (Å²) >= 11 is 0. The molecule has 0 spiro atoms. The highest BCUT2D eigenvalue weighted by molar-refractivity contribution is 4.98. The maximum Gasteiger partial charge on any atom is 0.103 e. The minimum absolute atomic E-state index is 0.312. The van der Waals surface area contributed by atoms with Gasteiger partial charge in [0, 0.05) is 19.6 Å². The van der Waals surface area contributed by atoms with Gasteiger partial charge in [0.15, 0.2) is 0 Å². The Hall–Kier alpha value is -0.840. The number of hydroxylamine groups is 1. The summed E-state index contributed by atoms with van der Waals surface area (Å²) in [4.78, 5) is 5.20. The van der Waals surface area contributed by atoms with Gasteiger partial charge < -0.3 is 9.15 Å². The van der Waals surface area contributed by atoms with E-state index >= 15 is 0 Å². The van der Waals surface area contributed by atoms with Gasteiger partial charge in [0.1, 0.15) is 5.76 Å². The quantitative estimate of drug-likeness (QED) is 0.528. The molecule has 1 aromatic rings. The number of aryl methyl sites for hydroxylation is 1. The first-order chi connectivity index (χ1) is 7.33. The lowest BCUT2D eigenvalue weighted by molar-refractivity contribution is -0.0101. The van der Waals surface area contributed by atoms with Crippen LogP contribution < -0.4 is 5.48 Å². The second kappa shape index (κ2) is 7.45. The van der Waals surface area contributed by atoms with Crippen LogP contribution in [0.1, 0.15) is 19.1 Å². The maximum atomic E-state index is 5.24. The smallest absolute Gasteiger partial charge is 0.103 e. The van der Waals surface area contributed by atoms with E-state index in [1.54, 1.807) is 13.4 Å². The fraction of sp³-hybridized carbons (Fsp3) is 0.636. The number of methoxy groups -OCH3 is 1. The van der Waals surface area contributed by atoms with E-state index in [4.69, 9.17) is 14.0 Å². The molecule has 1 N–H and O–H groups in total. The van der Waals surface area contributed by atoms with Gasteiger partial charge in [-0.25, -0.2) is 0 Å². The van der Waals surface area contributed by atoms with E-state index in [9.17, 15) is 0 Å². The highest BCUT2D eigenvalue weighted by atomic mass is 16.7. The van der Waals surface area contributed by atoms with Crippen molar-refractivity contribution in [2.24, 2.45) is 0 Å². The molecule has 0 aliphatic heterocycles. The molecule has 1 rings (SSSR count). The first-order valence-electron chi connectivity index (χ1n) is 5.21. The molecule has 0 fully saturated rings. The lowest BCUT2D eigenvalue weighted by Gasteiger charge is -2.12. The summed E-state index contributed by atoms with van der Waals surface area (Å²) in [5.74, 6) is 1.01. The van der Waals surface area contributed by atoms with Gasteiger partial charge in [-0.2, -0.15) is 5.48 Å². The number of ether oxygens (including phenoxy) is 1. The lowest BCUT2D eigenvalue weighted by Crippen LogP contribution is -2.28. The second-order valence-corrected chi connectivity index (χ2v) is 3.48. The average molecular weight is 213 g/mol. The molecule has 1 atom stereocenters. The Balaban J connectivity index is 2.01. The van der Waals surface area contributed by atoms with Crippen LogP contribution >= 0.6 is 0 Å². The van der Waals surface area contributed by atoms with E-state index in [0.717, 1.165) is 18.6 Å². The van der Waals surface area contributed by atoms with Gasteiger partial charge in [-0.15, -0.1) is 0 Å². The minimum atomic E-state index is 0.312. The van der Waals surface area contributed by atoms with Crippen molar-refractivity contribution in [2.45, 2.75) is 25.8 Å². The second-order valence-electron chi connectivity index (χ2n) is 3.48. The first kappa shape index (κ1) is 12.2. The fourth-order valence-corrected chi connectivity index (χ4v) is 1.20. The Labute approximate surface area is 90.5 Å². The zero-order valence-corrected chi connectivity index (χ0v) is 9.36. The highest BCUT2D eigenvalue weighted by Gasteiger charge is 2.03. The molecule has 0 saturated carbocycles. The predicted octanol–water partition coefficient (Wildman–Crippen LogP) is 1.77. The number of rotatable bonds is 8. The van der Waals surface area contributed by atoms with E-state index in [1.807, 2.05) is 12.1 Å². The molecule has 0 radical (unpaired) electrons. The van der Waals surface area contributed by atoms with Crippen LogP contribution in [-0.4, -0.2) is 26.4 Å². The minimum Gasteiger partial charge on any atom is -0.469 e. The third-order valence-electron chi connectivity index (χ3n) is 2.08. The fourth-order valence-electron chi connectivity index (χ4n) is 1.20. The standard InChI is InChI=1S/C11H19NO3/c1-10(12-15-9-8-13-2)5-6-11-4-3-7-14-11/h3-4,7,10,12H,5-6,8-9H2,1-2H3. The molecular weight excluding hydrogens is 194 g/mol. The number of furan rings is 1. The Kier molecular flexibility index (Phi) is 6.08. The Bertz CT molecular complexity index is 236. The molecule has 4 nitrogen and oxygen atoms in total. The van der Waals surface area contributed by atoms with Gasteiger partial charge in [-0.3, -0.25) is 4.84 Å². The Morgan fingerprint density at radius 3 is 3.00 bits per heavy atom. The highest BCUT2D eigenvalue weighted by Crippen LogP contribution is 2.05. The van der Waals surface area contributed by atoms with E-state index < -0.39 is 0 Å². The number of hydrogen-bond donors (Lipinski definition) is 1. The van der Waals surface area contributed by atoms with Crippen LogP contribution in [0.4, 0.5) is 0 Å². The van der Waals surface area contributed by atoms with Crippen molar-refractivity contribution in [1.29, 1.82) is 0 Å². The summed E-state index contributed by atoms with van der Waals surface area (Å²) in [6.45, 7) is 3.26. The van der Waals surface area contributed by atoms with Crippen LogP contribution in [0.2, 0.25) is 0 Å². The molecule has 1 unspecified atom stereocenters. The maximum absolute atomic E-state index is 5.24. The number of nitrogens with one attached hydrogen (secondary N) is 1. The molecule has 0 amide bonds. The zero-order chi connectivity index (χ0) is 10.9. The summed E-state index contributed by atoms with van der Waals surface area (Å²) in [6, 6.07) is 4.20. The molecule has 1 aromatic heterocycles. The summed E-state index contributed by atoms with van der Waals surface area (Å²) in [7, 11) is 1.66. The van der Waals surface area contributed by atoms with Gasteiger partial charge >= 0.3 is 0 Å². The van der Waals surface area contributed by atoms with Gasteiger partial charge in [-0.05, 0) is 25.5 Å². The van der Waals surface area contributed by atoms with Gasteiger partial charge in [0.2, 0.25) is 0 Å². The lowest BCUT2D eigenvalue weighted by atomic mass is 10.1. The molecular formula is C11H19NO3. The van der Waals surface area contributed by atoms with Gasteiger partial charge in [0.05, 0.1) is 19.5 Å². The van der Waals surface area contributed by atoms with E-state index in [1.165, 1.54) is 0 Å². The van der Waals surface area contributed by atoms with Crippen LogP contribution in [0.3, 0.4) is 0 Å². The average Bonchev–Trinajstić information content (AvgIpc) is 2.74. The molecule has 0 bridgehead atoms. The molecule has 1 heterocycles. The molecule has 15 heavy (non-hydrogen) atoms. The van der Waals surface area contributed by atoms with Crippen LogP contribution in [0, 0.1) is 0 Å². The van der Waals surface area contributed by atoms with Crippen molar-refractivity contribution in [3.63, 3.8) is 0 Å². The summed E-state index contributed by atoms with van der Waals surface area (Å²) in [6.07, 6.45) is 3.61. The first-order valence-corrected chi connectivity index (χ1v) is 5.21. The third kappa shape index (κ3) is 5.57. The molecule has 0 aromatic carbocycles. The van der Waals surface area contributed by atoms with Crippen molar-refractivity contribution in [1.82, 2.24) is 5.48 Å². The SMILES string of the molecule is COCCONC(C)CCc1ccco1. The van der Waals surface area contributed by atoms with Crippen LogP contribution in [0.15, 0.2) is 22.8 Å². The van der Waals surface area contributed by atoms with Crippen molar-refractivity contribution >= 4 is 0 Å². The Morgan fingerprint density at radius 2 is 2.33 bits per heavy atom. The largest absolute Gasteiger partial charge is 0.469 e. The van der Waals surface area contributed by atoms with E-state index in [-0.39, 0.29) is 0 Å².